The Morgan fingerprint density at radius 3 is 2.65 bits per heavy atom. The number of allylic oxidation sites excluding steroid dienone is 1. The number of nitrogens with one attached hydrogen (secondary N) is 1. The summed E-state index contributed by atoms with van der Waals surface area (Å²) in [4.78, 5) is 35.5. The topological polar surface area (TPSA) is 78.1 Å². The van der Waals surface area contributed by atoms with Gasteiger partial charge in [0.1, 0.15) is 5.69 Å². The van der Waals surface area contributed by atoms with Crippen LogP contribution in [0.5, 0.6) is 0 Å². The highest BCUT2D eigenvalue weighted by Crippen LogP contribution is 2.47. The van der Waals surface area contributed by atoms with E-state index in [9.17, 15) is 9.59 Å². The van der Waals surface area contributed by atoms with E-state index in [0.29, 0.717) is 38.3 Å². The number of nitrogens with zero attached hydrogens (tertiary/aromatic N) is 3. The second-order valence-corrected chi connectivity index (χ2v) is 9.58. The molecule has 0 saturated carbocycles. The first-order valence-electron chi connectivity index (χ1n) is 12.2. The van der Waals surface area contributed by atoms with Gasteiger partial charge in [-0.15, -0.1) is 0 Å². The molecule has 4 aliphatic rings. The lowest BCUT2D eigenvalue weighted by atomic mass is 9.81. The average molecular weight is 467 g/mol. The van der Waals surface area contributed by atoms with Crippen LogP contribution in [0.1, 0.15) is 43.6 Å². The van der Waals surface area contributed by atoms with Gasteiger partial charge in [-0.3, -0.25) is 9.69 Å². The summed E-state index contributed by atoms with van der Waals surface area (Å²) in [5, 5.41) is 0. The highest BCUT2D eigenvalue weighted by Gasteiger charge is 2.55. The Balaban J connectivity index is 1.48. The van der Waals surface area contributed by atoms with Gasteiger partial charge in [0.15, 0.2) is 0 Å². The van der Waals surface area contributed by atoms with E-state index in [-0.39, 0.29) is 24.0 Å². The van der Waals surface area contributed by atoms with Crippen LogP contribution in [0.3, 0.4) is 0 Å². The van der Waals surface area contributed by atoms with E-state index >= 15 is 0 Å². The van der Waals surface area contributed by atoms with Gasteiger partial charge >= 0.3 is 6.03 Å². The van der Waals surface area contributed by atoms with Crippen LogP contribution >= 0.6 is 0 Å². The number of hydrogen-bond acceptors (Lipinski definition) is 4. The first-order chi connectivity index (χ1) is 16.4. The summed E-state index contributed by atoms with van der Waals surface area (Å²) in [5.41, 5.74) is 3.64. The molecule has 0 bridgehead atoms. The molecule has 3 aliphatic heterocycles. The molecule has 0 radical (unpaired) electrons. The van der Waals surface area contributed by atoms with Gasteiger partial charge in [0.2, 0.25) is 0 Å². The van der Waals surface area contributed by atoms with Crippen molar-refractivity contribution in [2.75, 3.05) is 40.4 Å². The van der Waals surface area contributed by atoms with Crippen LogP contribution in [0.15, 0.2) is 53.1 Å². The van der Waals surface area contributed by atoms with Gasteiger partial charge in [-0.2, -0.15) is 0 Å². The molecular weight excluding hydrogens is 432 g/mol. The Bertz CT molecular complexity index is 1060. The number of piperidine rings is 1. The third kappa shape index (κ3) is 3.38. The van der Waals surface area contributed by atoms with Crippen LogP contribution in [0.4, 0.5) is 4.79 Å². The van der Waals surface area contributed by atoms with Crippen LogP contribution in [0, 0.1) is 5.92 Å². The summed E-state index contributed by atoms with van der Waals surface area (Å²) in [6.45, 7) is 6.62. The molecule has 0 aromatic carbocycles. The first-order valence-corrected chi connectivity index (χ1v) is 12.2. The van der Waals surface area contributed by atoms with Gasteiger partial charge in [0, 0.05) is 51.0 Å². The van der Waals surface area contributed by atoms with E-state index in [4.69, 9.17) is 9.47 Å². The molecule has 4 heterocycles. The summed E-state index contributed by atoms with van der Waals surface area (Å²) in [5.74, 6) is 1.03. The molecule has 2 atom stereocenters. The number of fused-ring (bicyclic) bond motifs is 2. The molecule has 182 valence electrons. The smallest absolute Gasteiger partial charge is 0.325 e. The lowest BCUT2D eigenvalue weighted by Gasteiger charge is -2.44. The number of hydrogen-bond donors (Lipinski definition) is 1. The van der Waals surface area contributed by atoms with Crippen molar-refractivity contribution in [1.29, 1.82) is 0 Å². The van der Waals surface area contributed by atoms with Crippen molar-refractivity contribution < 1.29 is 19.1 Å². The third-order valence-electron chi connectivity index (χ3n) is 7.98. The highest BCUT2D eigenvalue weighted by molar-refractivity contribution is 5.92. The second-order valence-electron chi connectivity index (χ2n) is 9.58. The minimum Gasteiger partial charge on any atom is -0.501 e. The van der Waals surface area contributed by atoms with E-state index in [1.807, 2.05) is 33.8 Å². The minimum atomic E-state index is -0.391. The molecule has 1 N–H and O–H groups in total. The molecule has 8 nitrogen and oxygen atoms in total. The van der Waals surface area contributed by atoms with Gasteiger partial charge < -0.3 is 24.3 Å². The van der Waals surface area contributed by atoms with E-state index in [1.165, 1.54) is 5.57 Å². The number of carbonyl (C=O) groups excluding carboxylic acids is 2. The van der Waals surface area contributed by atoms with E-state index in [0.717, 1.165) is 29.9 Å². The maximum absolute atomic E-state index is 13.7. The molecule has 3 amide bonds. The number of methoxy groups -OCH3 is 2. The minimum absolute atomic E-state index is 0.0181. The fraction of sp³-hybridized carbons (Fsp3) is 0.538. The summed E-state index contributed by atoms with van der Waals surface area (Å²) in [6, 6.07) is 3.70. The summed E-state index contributed by atoms with van der Waals surface area (Å²) in [6.07, 6.45) is 8.23. The van der Waals surface area contributed by atoms with Gasteiger partial charge in [-0.05, 0) is 49.1 Å². The first kappa shape index (κ1) is 22.8. The zero-order chi connectivity index (χ0) is 24.0. The summed E-state index contributed by atoms with van der Waals surface area (Å²) >= 11 is 0. The number of amides is 3. The number of carbonyl (C=O) groups is 2. The van der Waals surface area contributed by atoms with Crippen LogP contribution in [0.25, 0.3) is 0 Å². The van der Waals surface area contributed by atoms with Crippen molar-refractivity contribution in [2.45, 2.75) is 44.8 Å². The molecule has 1 aliphatic carbocycles. The van der Waals surface area contributed by atoms with Crippen molar-refractivity contribution in [2.24, 2.45) is 5.92 Å². The number of likely N-dealkylation sites (N-methyl/N-ethyl adjacent to an activating group) is 1. The van der Waals surface area contributed by atoms with Crippen LogP contribution in [-0.2, 0) is 9.47 Å². The fourth-order valence-corrected chi connectivity index (χ4v) is 6.30. The Hall–Kier alpha value is -3.00. The largest absolute Gasteiger partial charge is 0.501 e. The number of ether oxygens (including phenoxy) is 2. The number of aromatic nitrogens is 1. The van der Waals surface area contributed by atoms with Crippen LogP contribution in [-0.4, -0.2) is 83.7 Å². The predicted molar refractivity (Wildman–Crippen MR) is 128 cm³/mol. The zero-order valence-electron chi connectivity index (χ0n) is 20.5. The van der Waals surface area contributed by atoms with E-state index < -0.39 is 5.54 Å². The number of H-pyrrole nitrogens is 1. The van der Waals surface area contributed by atoms with Crippen molar-refractivity contribution in [1.82, 2.24) is 19.7 Å². The van der Waals surface area contributed by atoms with Crippen molar-refractivity contribution in [3.63, 3.8) is 0 Å². The third-order valence-corrected chi connectivity index (χ3v) is 7.98. The Morgan fingerprint density at radius 1 is 1.26 bits per heavy atom. The number of urea groups is 1. The van der Waals surface area contributed by atoms with Crippen molar-refractivity contribution in [3.05, 3.63) is 58.8 Å². The molecule has 5 rings (SSSR count). The number of aromatic amines is 1. The molecule has 2 fully saturated rings. The van der Waals surface area contributed by atoms with Gasteiger partial charge in [-0.1, -0.05) is 13.0 Å². The number of likely N-dealkylation sites (tertiary alicyclic amines) is 1. The highest BCUT2D eigenvalue weighted by atomic mass is 16.5. The summed E-state index contributed by atoms with van der Waals surface area (Å²) < 4.78 is 11.4. The lowest BCUT2D eigenvalue weighted by Crippen LogP contribution is -2.54. The normalized spacial score (nSPS) is 26.2. The molecule has 1 spiro atoms. The zero-order valence-corrected chi connectivity index (χ0v) is 20.5. The Kier molecular flexibility index (Phi) is 5.80. The molecule has 2 saturated heterocycles. The van der Waals surface area contributed by atoms with Crippen molar-refractivity contribution in [3.8, 4) is 0 Å². The molecule has 34 heavy (non-hydrogen) atoms. The van der Waals surface area contributed by atoms with E-state index in [1.54, 1.807) is 20.4 Å². The maximum atomic E-state index is 13.7. The molecule has 1 aromatic rings. The fourth-order valence-electron chi connectivity index (χ4n) is 6.30. The maximum Gasteiger partial charge on any atom is 0.325 e. The summed E-state index contributed by atoms with van der Waals surface area (Å²) in [7, 11) is 3.42. The van der Waals surface area contributed by atoms with Gasteiger partial charge in [0.05, 0.1) is 31.1 Å². The predicted octanol–water partition coefficient (Wildman–Crippen LogP) is 3.53. The molecule has 1 aromatic heterocycles. The van der Waals surface area contributed by atoms with E-state index in [2.05, 4.69) is 24.1 Å². The van der Waals surface area contributed by atoms with Crippen LogP contribution < -0.4 is 0 Å². The number of rotatable bonds is 4. The SMILES string of the molecule is CCN1C(=O)N2CC3=C(C(C)C=C2C12CCN(C(=O)c1ccc[nH]1)CC2)C(OC)CC(OC)=C3. The standard InChI is InChI=1S/C26H34N4O4/c1-5-30-25(32)29-16-18-14-19(33-3)15-21(34-4)23(18)17(2)13-22(29)26(30)8-11-28(12-9-26)24(31)20-7-6-10-27-20/h6-7,10,13-14,17,21,27H,5,8-9,11-12,15-16H2,1-4H3. The molecular formula is C26H34N4O4. The van der Waals surface area contributed by atoms with Crippen molar-refractivity contribution >= 4 is 11.9 Å². The Labute approximate surface area is 200 Å². The molecule has 2 unspecified atom stereocenters. The van der Waals surface area contributed by atoms with Crippen LogP contribution in [0.2, 0.25) is 0 Å². The monoisotopic (exact) mass is 466 g/mol. The van der Waals surface area contributed by atoms with Gasteiger partial charge in [0.25, 0.3) is 5.91 Å². The Morgan fingerprint density at radius 2 is 2.03 bits per heavy atom. The lowest BCUT2D eigenvalue weighted by molar-refractivity contribution is 0.0570. The van der Waals surface area contributed by atoms with Gasteiger partial charge in [-0.25, -0.2) is 4.79 Å². The average Bonchev–Trinajstić information content (AvgIpc) is 3.42. The quantitative estimate of drug-likeness (QED) is 0.737. The second kappa shape index (κ2) is 8.65. The molecule has 8 heteroatoms.